The van der Waals surface area contributed by atoms with E-state index in [1.54, 1.807) is 0 Å². The van der Waals surface area contributed by atoms with Crippen LogP contribution in [0.4, 0.5) is 0 Å². The highest BCUT2D eigenvalue weighted by Crippen LogP contribution is 2.32. The van der Waals surface area contributed by atoms with Crippen LogP contribution in [0.1, 0.15) is 42.0 Å². The molecule has 2 aromatic rings. The first-order valence-corrected chi connectivity index (χ1v) is 8.38. The van der Waals surface area contributed by atoms with Crippen molar-refractivity contribution in [1.82, 2.24) is 0 Å². The minimum absolute atomic E-state index is 0.0462. The van der Waals surface area contributed by atoms with Crippen molar-refractivity contribution < 1.29 is 14.6 Å². The quantitative estimate of drug-likeness (QED) is 0.763. The zero-order chi connectivity index (χ0) is 17.0. The van der Waals surface area contributed by atoms with E-state index in [1.807, 2.05) is 31.2 Å². The molecule has 0 aliphatic carbocycles. The lowest BCUT2D eigenvalue weighted by Crippen LogP contribution is -2.02. The molecule has 1 N–H and O–H groups in total. The van der Waals surface area contributed by atoms with Crippen LogP contribution in [0.15, 0.2) is 40.9 Å². The number of hydrogen-bond acceptors (Lipinski definition) is 2. The number of halogens is 1. The lowest BCUT2D eigenvalue weighted by Gasteiger charge is -2.16. The number of hydrogen-bond donors (Lipinski definition) is 1. The third-order valence-corrected chi connectivity index (χ3v) is 4.54. The second-order valence-electron chi connectivity index (χ2n) is 5.97. The van der Waals surface area contributed by atoms with Crippen LogP contribution < -0.4 is 4.74 Å². The zero-order valence-electron chi connectivity index (χ0n) is 13.6. The van der Waals surface area contributed by atoms with E-state index in [0.29, 0.717) is 12.5 Å². The molecule has 0 aliphatic rings. The van der Waals surface area contributed by atoms with E-state index in [1.165, 1.54) is 5.56 Å². The Morgan fingerprint density at radius 3 is 2.35 bits per heavy atom. The van der Waals surface area contributed by atoms with Crippen molar-refractivity contribution >= 4 is 21.9 Å². The van der Waals surface area contributed by atoms with E-state index in [9.17, 15) is 4.79 Å². The molecule has 0 aliphatic heterocycles. The molecule has 0 bridgehead atoms. The topological polar surface area (TPSA) is 46.5 Å². The van der Waals surface area contributed by atoms with Gasteiger partial charge in [0.2, 0.25) is 0 Å². The fraction of sp³-hybridized carbons (Fsp3) is 0.316. The number of benzene rings is 2. The average molecular weight is 377 g/mol. The highest BCUT2D eigenvalue weighted by atomic mass is 79.9. The van der Waals surface area contributed by atoms with Gasteiger partial charge in [-0.2, -0.15) is 0 Å². The molecule has 0 aromatic heterocycles. The minimum Gasteiger partial charge on any atom is -0.489 e. The number of carboxylic acid groups (broad SMARTS) is 1. The van der Waals surface area contributed by atoms with Gasteiger partial charge < -0.3 is 9.84 Å². The highest BCUT2D eigenvalue weighted by molar-refractivity contribution is 9.10. The SMILES string of the molecule is Cc1cc(OCc2ccc(CC(=O)O)cc2)c(C(C)C)cc1Br. The Bertz CT molecular complexity index is 691. The Kier molecular flexibility index (Phi) is 5.83. The largest absolute Gasteiger partial charge is 0.489 e. The van der Waals surface area contributed by atoms with Crippen LogP contribution in [0.3, 0.4) is 0 Å². The summed E-state index contributed by atoms with van der Waals surface area (Å²) in [6.07, 6.45) is 0.0462. The molecule has 122 valence electrons. The van der Waals surface area contributed by atoms with Crippen molar-refractivity contribution in [2.24, 2.45) is 0 Å². The normalized spacial score (nSPS) is 10.8. The Labute approximate surface area is 145 Å². The van der Waals surface area contributed by atoms with Gasteiger partial charge >= 0.3 is 5.97 Å². The Morgan fingerprint density at radius 1 is 1.17 bits per heavy atom. The molecular weight excluding hydrogens is 356 g/mol. The summed E-state index contributed by atoms with van der Waals surface area (Å²) in [5.41, 5.74) is 4.13. The zero-order valence-corrected chi connectivity index (χ0v) is 15.2. The van der Waals surface area contributed by atoms with Gasteiger partial charge in [0.25, 0.3) is 0 Å². The maximum absolute atomic E-state index is 10.7. The first-order chi connectivity index (χ1) is 10.9. The Morgan fingerprint density at radius 2 is 1.78 bits per heavy atom. The van der Waals surface area contributed by atoms with Crippen molar-refractivity contribution in [2.45, 2.75) is 39.7 Å². The summed E-state index contributed by atoms with van der Waals surface area (Å²) in [6, 6.07) is 11.7. The number of aryl methyl sites for hydroxylation is 1. The summed E-state index contributed by atoms with van der Waals surface area (Å²) in [6.45, 7) is 6.80. The van der Waals surface area contributed by atoms with Crippen LogP contribution in [0.5, 0.6) is 5.75 Å². The van der Waals surface area contributed by atoms with E-state index >= 15 is 0 Å². The van der Waals surface area contributed by atoms with Gasteiger partial charge in [0, 0.05) is 4.47 Å². The lowest BCUT2D eigenvalue weighted by molar-refractivity contribution is -0.136. The molecule has 2 aromatic carbocycles. The van der Waals surface area contributed by atoms with Crippen molar-refractivity contribution in [3.8, 4) is 5.75 Å². The first kappa shape index (κ1) is 17.5. The molecular formula is C19H21BrO3. The highest BCUT2D eigenvalue weighted by Gasteiger charge is 2.11. The fourth-order valence-corrected chi connectivity index (χ4v) is 2.70. The van der Waals surface area contributed by atoms with Crippen molar-refractivity contribution in [1.29, 1.82) is 0 Å². The standard InChI is InChI=1S/C19H21BrO3/c1-12(2)16-10-17(20)13(3)8-18(16)23-11-15-6-4-14(5-7-15)9-19(21)22/h4-8,10,12H,9,11H2,1-3H3,(H,21,22). The fourth-order valence-electron chi connectivity index (χ4n) is 2.34. The summed E-state index contributed by atoms with van der Waals surface area (Å²) >= 11 is 3.57. The molecule has 0 saturated carbocycles. The van der Waals surface area contributed by atoms with Gasteiger partial charge in [-0.1, -0.05) is 54.0 Å². The van der Waals surface area contributed by atoms with Gasteiger partial charge in [-0.15, -0.1) is 0 Å². The average Bonchev–Trinajstić information content (AvgIpc) is 2.48. The van der Waals surface area contributed by atoms with Crippen LogP contribution in [0.2, 0.25) is 0 Å². The third kappa shape index (κ3) is 4.83. The molecule has 0 amide bonds. The monoisotopic (exact) mass is 376 g/mol. The molecule has 0 radical (unpaired) electrons. The molecule has 0 unspecified atom stereocenters. The molecule has 23 heavy (non-hydrogen) atoms. The van der Waals surface area contributed by atoms with Crippen LogP contribution in [0, 0.1) is 6.92 Å². The van der Waals surface area contributed by atoms with Gasteiger partial charge in [0.1, 0.15) is 12.4 Å². The van der Waals surface area contributed by atoms with Gasteiger partial charge in [-0.05, 0) is 47.2 Å². The summed E-state index contributed by atoms with van der Waals surface area (Å²) < 4.78 is 7.09. The number of carbonyl (C=O) groups is 1. The van der Waals surface area contributed by atoms with Crippen molar-refractivity contribution in [3.05, 3.63) is 63.1 Å². The van der Waals surface area contributed by atoms with E-state index in [-0.39, 0.29) is 6.42 Å². The number of ether oxygens (including phenoxy) is 1. The predicted molar refractivity (Wildman–Crippen MR) is 95.1 cm³/mol. The van der Waals surface area contributed by atoms with E-state index < -0.39 is 5.97 Å². The third-order valence-electron chi connectivity index (χ3n) is 3.69. The van der Waals surface area contributed by atoms with Gasteiger partial charge in [-0.3, -0.25) is 4.79 Å². The minimum atomic E-state index is -0.819. The molecule has 0 saturated heterocycles. The summed E-state index contributed by atoms with van der Waals surface area (Å²) in [5, 5.41) is 8.79. The maximum atomic E-state index is 10.7. The van der Waals surface area contributed by atoms with E-state index in [0.717, 1.165) is 26.9 Å². The first-order valence-electron chi connectivity index (χ1n) is 7.59. The number of carboxylic acids is 1. The Balaban J connectivity index is 2.11. The molecule has 0 fully saturated rings. The summed E-state index contributed by atoms with van der Waals surface area (Å²) in [7, 11) is 0. The smallest absolute Gasteiger partial charge is 0.307 e. The summed E-state index contributed by atoms with van der Waals surface area (Å²) in [5.74, 6) is 0.455. The van der Waals surface area contributed by atoms with Gasteiger partial charge in [0.15, 0.2) is 0 Å². The lowest BCUT2D eigenvalue weighted by atomic mass is 10.0. The number of rotatable bonds is 6. The van der Waals surface area contributed by atoms with Crippen molar-refractivity contribution in [3.63, 3.8) is 0 Å². The van der Waals surface area contributed by atoms with Crippen LogP contribution >= 0.6 is 15.9 Å². The summed E-state index contributed by atoms with van der Waals surface area (Å²) in [4.78, 5) is 10.7. The van der Waals surface area contributed by atoms with Crippen LogP contribution in [-0.2, 0) is 17.8 Å². The molecule has 3 nitrogen and oxygen atoms in total. The molecule has 0 heterocycles. The Hall–Kier alpha value is -1.81. The van der Waals surface area contributed by atoms with E-state index in [2.05, 4.69) is 41.9 Å². The second kappa shape index (κ2) is 7.64. The molecule has 2 rings (SSSR count). The van der Waals surface area contributed by atoms with Gasteiger partial charge in [0.05, 0.1) is 6.42 Å². The van der Waals surface area contributed by atoms with Crippen LogP contribution in [-0.4, -0.2) is 11.1 Å². The van der Waals surface area contributed by atoms with Crippen LogP contribution in [0.25, 0.3) is 0 Å². The number of aliphatic carboxylic acids is 1. The van der Waals surface area contributed by atoms with Gasteiger partial charge in [-0.25, -0.2) is 0 Å². The predicted octanol–water partition coefficient (Wildman–Crippen LogP) is 5.09. The van der Waals surface area contributed by atoms with Crippen molar-refractivity contribution in [2.75, 3.05) is 0 Å². The second-order valence-corrected chi connectivity index (χ2v) is 6.82. The molecule has 0 atom stereocenters. The maximum Gasteiger partial charge on any atom is 0.307 e. The molecule has 4 heteroatoms. The molecule has 0 spiro atoms. The van der Waals surface area contributed by atoms with E-state index in [4.69, 9.17) is 9.84 Å².